The van der Waals surface area contributed by atoms with E-state index in [9.17, 15) is 4.79 Å². The number of carbonyl (C=O) groups excluding carboxylic acids is 1. The largest absolute Gasteiger partial charge is 0.321 e. The minimum absolute atomic E-state index is 0.266. The Morgan fingerprint density at radius 1 is 1.15 bits per heavy atom. The predicted molar refractivity (Wildman–Crippen MR) is 88.1 cm³/mol. The smallest absolute Gasteiger partial charge is 0.255 e. The lowest BCUT2D eigenvalue weighted by Crippen LogP contribution is -2.12. The molecule has 2 rings (SSSR count). The molecule has 104 valence electrons. The van der Waals surface area contributed by atoms with Crippen molar-refractivity contribution in [3.05, 3.63) is 62.0 Å². The molecule has 1 amide bonds. The van der Waals surface area contributed by atoms with Gasteiger partial charge < -0.3 is 5.32 Å². The molecule has 0 heterocycles. The van der Waals surface area contributed by atoms with Gasteiger partial charge in [0.2, 0.25) is 0 Å². The van der Waals surface area contributed by atoms with Crippen molar-refractivity contribution in [3.63, 3.8) is 0 Å². The summed E-state index contributed by atoms with van der Waals surface area (Å²) in [5.74, 6) is 0.0867. The van der Waals surface area contributed by atoms with Crippen LogP contribution >= 0.6 is 50.7 Å². The molecule has 0 unspecified atom stereocenters. The summed E-state index contributed by atoms with van der Waals surface area (Å²) < 4.78 is 0.673. The first-order chi connectivity index (χ1) is 9.52. The number of nitrogens with one attached hydrogen (secondary N) is 1. The Balaban J connectivity index is 2.25. The first-order valence-electron chi connectivity index (χ1n) is 5.62. The van der Waals surface area contributed by atoms with Crippen molar-refractivity contribution in [1.29, 1.82) is 0 Å². The summed E-state index contributed by atoms with van der Waals surface area (Å²) in [4.78, 5) is 12.2. The lowest BCUT2D eigenvalue weighted by Gasteiger charge is -2.10. The average molecular weight is 393 g/mol. The number of amides is 1. The number of hydrogen-bond donors (Lipinski definition) is 1. The van der Waals surface area contributed by atoms with Crippen LogP contribution in [0.25, 0.3) is 0 Å². The van der Waals surface area contributed by atoms with E-state index in [-0.39, 0.29) is 5.91 Å². The fraction of sp³-hybridized carbons (Fsp3) is 0.0714. The Bertz CT molecular complexity index is 661. The molecule has 6 heteroatoms. The summed E-state index contributed by atoms with van der Waals surface area (Å²) >= 11 is 21.1. The molecule has 2 aromatic carbocycles. The zero-order valence-electron chi connectivity index (χ0n) is 10.1. The van der Waals surface area contributed by atoms with Gasteiger partial charge in [0.1, 0.15) is 0 Å². The van der Waals surface area contributed by atoms with Crippen LogP contribution in [0.5, 0.6) is 0 Å². The summed E-state index contributed by atoms with van der Waals surface area (Å²) in [5, 5.41) is 3.38. The molecule has 2 nitrogen and oxygen atoms in total. The highest BCUT2D eigenvalue weighted by atomic mass is 79.9. The van der Waals surface area contributed by atoms with Gasteiger partial charge in [-0.25, -0.2) is 0 Å². The molecule has 0 spiro atoms. The van der Waals surface area contributed by atoms with E-state index in [1.54, 1.807) is 30.3 Å². The van der Waals surface area contributed by atoms with Crippen LogP contribution in [-0.4, -0.2) is 5.91 Å². The highest BCUT2D eigenvalue weighted by Crippen LogP contribution is 2.35. The lowest BCUT2D eigenvalue weighted by molar-refractivity contribution is 0.102. The second-order valence-corrected chi connectivity index (χ2v) is 5.89. The van der Waals surface area contributed by atoms with Crippen LogP contribution < -0.4 is 5.32 Å². The molecule has 20 heavy (non-hydrogen) atoms. The van der Waals surface area contributed by atoms with Crippen LogP contribution in [0.15, 0.2) is 40.9 Å². The summed E-state index contributed by atoms with van der Waals surface area (Å²) in [6.07, 6.45) is 0. The van der Waals surface area contributed by atoms with Gasteiger partial charge in [0.05, 0.1) is 15.7 Å². The monoisotopic (exact) mass is 391 g/mol. The molecule has 0 saturated carbocycles. The Morgan fingerprint density at radius 2 is 1.90 bits per heavy atom. The molecule has 0 aliphatic carbocycles. The molecule has 0 aliphatic heterocycles. The van der Waals surface area contributed by atoms with Crippen molar-refractivity contribution in [3.8, 4) is 0 Å². The summed E-state index contributed by atoms with van der Waals surface area (Å²) in [7, 11) is 0. The van der Waals surface area contributed by atoms with Crippen LogP contribution in [0.3, 0.4) is 0 Å². The van der Waals surface area contributed by atoms with Crippen molar-refractivity contribution in [1.82, 2.24) is 0 Å². The molecule has 0 aliphatic rings. The Morgan fingerprint density at radius 3 is 2.60 bits per heavy atom. The van der Waals surface area contributed by atoms with Gasteiger partial charge in [0.15, 0.2) is 0 Å². The molecule has 0 aromatic heterocycles. The number of anilines is 1. The normalized spacial score (nSPS) is 10.4. The van der Waals surface area contributed by atoms with Crippen LogP contribution in [0.2, 0.25) is 10.0 Å². The first-order valence-corrected chi connectivity index (χ1v) is 7.71. The van der Waals surface area contributed by atoms with Crippen molar-refractivity contribution < 1.29 is 4.79 Å². The number of hydrogen-bond acceptors (Lipinski definition) is 1. The maximum Gasteiger partial charge on any atom is 0.255 e. The Kier molecular flexibility index (Phi) is 5.33. The highest BCUT2D eigenvalue weighted by Gasteiger charge is 2.12. The van der Waals surface area contributed by atoms with E-state index in [1.165, 1.54) is 0 Å². The SMILES string of the molecule is O=C(Nc1ccc(Br)c(Cl)c1Cl)c1cccc(CCl)c1. The zero-order valence-corrected chi connectivity index (χ0v) is 13.9. The number of rotatable bonds is 3. The van der Waals surface area contributed by atoms with Crippen LogP contribution in [-0.2, 0) is 5.88 Å². The van der Waals surface area contributed by atoms with Crippen LogP contribution in [0, 0.1) is 0 Å². The molecule has 0 radical (unpaired) electrons. The van der Waals surface area contributed by atoms with E-state index >= 15 is 0 Å². The molecule has 0 saturated heterocycles. The van der Waals surface area contributed by atoms with E-state index in [0.717, 1.165) is 5.56 Å². The summed E-state index contributed by atoms with van der Waals surface area (Å²) in [6.45, 7) is 0. The van der Waals surface area contributed by atoms with Gasteiger partial charge in [-0.15, -0.1) is 11.6 Å². The number of halogens is 4. The number of carbonyl (C=O) groups is 1. The molecule has 1 N–H and O–H groups in total. The van der Waals surface area contributed by atoms with E-state index in [0.29, 0.717) is 31.6 Å². The summed E-state index contributed by atoms with van der Waals surface area (Å²) in [6, 6.07) is 10.5. The molecule has 0 bridgehead atoms. The van der Waals surface area contributed by atoms with E-state index in [1.807, 2.05) is 6.07 Å². The van der Waals surface area contributed by atoms with E-state index < -0.39 is 0 Å². The maximum absolute atomic E-state index is 12.2. The molecular weight excluding hydrogens is 384 g/mol. The van der Waals surface area contributed by atoms with Crippen LogP contribution in [0.1, 0.15) is 15.9 Å². The van der Waals surface area contributed by atoms with Crippen molar-refractivity contribution >= 4 is 62.3 Å². The van der Waals surface area contributed by atoms with Gasteiger partial charge in [-0.3, -0.25) is 4.79 Å². The van der Waals surface area contributed by atoms with Gasteiger partial charge in [-0.2, -0.15) is 0 Å². The third-order valence-corrected chi connectivity index (χ3v) is 4.71. The highest BCUT2D eigenvalue weighted by molar-refractivity contribution is 9.10. The Hall–Kier alpha value is -0.740. The average Bonchev–Trinajstić information content (AvgIpc) is 2.48. The molecule has 0 atom stereocenters. The second kappa shape index (κ2) is 6.81. The van der Waals surface area contributed by atoms with Crippen molar-refractivity contribution in [2.75, 3.05) is 5.32 Å². The molecular formula is C14H9BrCl3NO. The second-order valence-electron chi connectivity index (χ2n) is 4.01. The molecule has 0 fully saturated rings. The van der Waals surface area contributed by atoms with Gasteiger partial charge in [0, 0.05) is 15.9 Å². The topological polar surface area (TPSA) is 29.1 Å². The van der Waals surface area contributed by atoms with Gasteiger partial charge >= 0.3 is 0 Å². The standard InChI is InChI=1S/C14H9BrCl3NO/c15-10-4-5-11(13(18)12(10)17)19-14(20)9-3-1-2-8(6-9)7-16/h1-6H,7H2,(H,19,20). The molecule has 2 aromatic rings. The third kappa shape index (κ3) is 3.47. The van der Waals surface area contributed by atoms with Crippen LogP contribution in [0.4, 0.5) is 5.69 Å². The quantitative estimate of drug-likeness (QED) is 0.522. The number of alkyl halides is 1. The zero-order chi connectivity index (χ0) is 14.7. The number of benzene rings is 2. The van der Waals surface area contributed by atoms with E-state index in [4.69, 9.17) is 34.8 Å². The summed E-state index contributed by atoms with van der Waals surface area (Å²) in [5.41, 5.74) is 1.85. The van der Waals surface area contributed by atoms with Gasteiger partial charge in [-0.05, 0) is 45.8 Å². The van der Waals surface area contributed by atoms with Gasteiger partial charge in [-0.1, -0.05) is 35.3 Å². The predicted octanol–water partition coefficient (Wildman–Crippen LogP) is 5.75. The van der Waals surface area contributed by atoms with Gasteiger partial charge in [0.25, 0.3) is 5.91 Å². The maximum atomic E-state index is 12.2. The fourth-order valence-corrected chi connectivity index (χ4v) is 2.60. The fourth-order valence-electron chi connectivity index (χ4n) is 1.61. The minimum atomic E-state index is -0.266. The minimum Gasteiger partial charge on any atom is -0.321 e. The Labute approximate surface area is 140 Å². The first kappa shape index (κ1) is 15.6. The lowest BCUT2D eigenvalue weighted by atomic mass is 10.1. The van der Waals surface area contributed by atoms with Crippen molar-refractivity contribution in [2.24, 2.45) is 0 Å². The third-order valence-electron chi connectivity index (χ3n) is 2.63. The van der Waals surface area contributed by atoms with Crippen molar-refractivity contribution in [2.45, 2.75) is 5.88 Å². The van der Waals surface area contributed by atoms with E-state index in [2.05, 4.69) is 21.2 Å².